The van der Waals surface area contributed by atoms with Crippen LogP contribution in [0.1, 0.15) is 39.5 Å². The third-order valence-electron chi connectivity index (χ3n) is 4.38. The topological polar surface area (TPSA) is 52.7 Å². The number of nitrogens with zero attached hydrogens (tertiary/aromatic N) is 2. The fourth-order valence-electron chi connectivity index (χ4n) is 3.28. The van der Waals surface area contributed by atoms with Crippen LogP contribution in [0.25, 0.3) is 0 Å². The smallest absolute Gasteiger partial charge is 0.317 e. The number of urea groups is 1. The zero-order valence-corrected chi connectivity index (χ0v) is 12.5. The fourth-order valence-corrected chi connectivity index (χ4v) is 3.28. The van der Waals surface area contributed by atoms with E-state index >= 15 is 0 Å². The maximum absolute atomic E-state index is 12.0. The molecule has 2 aliphatic rings. The summed E-state index contributed by atoms with van der Waals surface area (Å²) in [5.74, 6) is 0.227. The molecule has 5 nitrogen and oxygen atoms in total. The van der Waals surface area contributed by atoms with Gasteiger partial charge in [-0.2, -0.15) is 0 Å². The van der Waals surface area contributed by atoms with Crippen molar-refractivity contribution in [1.29, 1.82) is 0 Å². The van der Waals surface area contributed by atoms with Gasteiger partial charge in [0.25, 0.3) is 0 Å². The Morgan fingerprint density at radius 2 is 2.05 bits per heavy atom. The molecule has 0 aromatic carbocycles. The first-order valence-electron chi connectivity index (χ1n) is 7.45. The van der Waals surface area contributed by atoms with Gasteiger partial charge in [-0.3, -0.25) is 4.79 Å². The van der Waals surface area contributed by atoms with Gasteiger partial charge < -0.3 is 15.1 Å². The highest BCUT2D eigenvalue weighted by Gasteiger charge is 2.46. The highest BCUT2D eigenvalue weighted by molar-refractivity contribution is 5.80. The summed E-state index contributed by atoms with van der Waals surface area (Å²) in [5, 5.41) is 2.93. The quantitative estimate of drug-likeness (QED) is 0.800. The van der Waals surface area contributed by atoms with Crippen molar-refractivity contribution >= 4 is 11.9 Å². The first-order valence-corrected chi connectivity index (χ1v) is 7.45. The van der Waals surface area contributed by atoms with Crippen molar-refractivity contribution in [3.63, 3.8) is 0 Å². The first kappa shape index (κ1) is 14.9. The Kier molecular flexibility index (Phi) is 4.35. The van der Waals surface area contributed by atoms with E-state index in [2.05, 4.69) is 11.9 Å². The molecule has 2 saturated heterocycles. The summed E-state index contributed by atoms with van der Waals surface area (Å²) in [5.41, 5.74) is -0.0418. The zero-order chi connectivity index (χ0) is 14.8. The molecule has 3 amide bonds. The zero-order valence-electron chi connectivity index (χ0n) is 12.5. The highest BCUT2D eigenvalue weighted by Crippen LogP contribution is 2.38. The summed E-state index contributed by atoms with van der Waals surface area (Å²) in [4.78, 5) is 27.8. The Bertz CT molecular complexity index is 398. The molecule has 0 aromatic heterocycles. The molecule has 2 heterocycles. The molecule has 20 heavy (non-hydrogen) atoms. The van der Waals surface area contributed by atoms with Crippen molar-refractivity contribution in [3.05, 3.63) is 12.7 Å². The van der Waals surface area contributed by atoms with E-state index in [1.165, 1.54) is 0 Å². The highest BCUT2D eigenvalue weighted by atomic mass is 16.2. The minimum Gasteiger partial charge on any atom is -0.336 e. The summed E-state index contributed by atoms with van der Waals surface area (Å²) in [6.07, 6.45) is 5.09. The number of carbonyl (C=O) groups excluding carboxylic acids is 2. The summed E-state index contributed by atoms with van der Waals surface area (Å²) < 4.78 is 0. The molecular formula is C15H25N3O2. The molecule has 0 bridgehead atoms. The third kappa shape index (κ3) is 2.81. The van der Waals surface area contributed by atoms with Crippen molar-refractivity contribution in [2.75, 3.05) is 19.6 Å². The third-order valence-corrected chi connectivity index (χ3v) is 4.38. The Morgan fingerprint density at radius 3 is 2.60 bits per heavy atom. The van der Waals surface area contributed by atoms with E-state index in [9.17, 15) is 9.59 Å². The van der Waals surface area contributed by atoms with Crippen LogP contribution in [0.4, 0.5) is 4.79 Å². The summed E-state index contributed by atoms with van der Waals surface area (Å²) >= 11 is 0. The lowest BCUT2D eigenvalue weighted by atomic mass is 9.85. The minimum atomic E-state index is -0.0418. The monoisotopic (exact) mass is 279 g/mol. The van der Waals surface area contributed by atoms with Gasteiger partial charge in [-0.25, -0.2) is 4.79 Å². The van der Waals surface area contributed by atoms with Crippen molar-refractivity contribution in [2.45, 2.75) is 51.1 Å². The van der Waals surface area contributed by atoms with Crippen LogP contribution in [-0.2, 0) is 4.79 Å². The van der Waals surface area contributed by atoms with Gasteiger partial charge in [-0.1, -0.05) is 6.08 Å². The average molecular weight is 279 g/mol. The molecule has 112 valence electrons. The van der Waals surface area contributed by atoms with Crippen LogP contribution in [0, 0.1) is 0 Å². The summed E-state index contributed by atoms with van der Waals surface area (Å²) in [7, 11) is 0. The van der Waals surface area contributed by atoms with Crippen LogP contribution >= 0.6 is 0 Å². The molecule has 0 saturated carbocycles. The second kappa shape index (κ2) is 5.85. The average Bonchev–Trinajstić information content (AvgIpc) is 2.69. The number of carbonyl (C=O) groups is 2. The van der Waals surface area contributed by atoms with E-state index in [4.69, 9.17) is 0 Å². The largest absolute Gasteiger partial charge is 0.336 e. The van der Waals surface area contributed by atoms with Gasteiger partial charge in [0.1, 0.15) is 0 Å². The molecule has 2 fully saturated rings. The molecule has 1 spiro atoms. The second-order valence-corrected chi connectivity index (χ2v) is 6.11. The van der Waals surface area contributed by atoms with E-state index in [0.717, 1.165) is 32.4 Å². The van der Waals surface area contributed by atoms with Crippen LogP contribution in [0.5, 0.6) is 0 Å². The first-order chi connectivity index (χ1) is 9.48. The molecule has 5 heteroatoms. The molecule has 0 aromatic rings. The molecule has 0 aliphatic carbocycles. The predicted octanol–water partition coefficient (Wildman–Crippen LogP) is 1.75. The maximum Gasteiger partial charge on any atom is 0.317 e. The summed E-state index contributed by atoms with van der Waals surface area (Å²) in [6, 6.07) is 0.165. The Labute approximate surface area is 121 Å². The van der Waals surface area contributed by atoms with E-state index in [0.29, 0.717) is 13.0 Å². The van der Waals surface area contributed by atoms with Gasteiger partial charge in [-0.05, 0) is 33.1 Å². The van der Waals surface area contributed by atoms with Gasteiger partial charge in [0.2, 0.25) is 5.91 Å². The predicted molar refractivity (Wildman–Crippen MR) is 78.3 cm³/mol. The summed E-state index contributed by atoms with van der Waals surface area (Å²) in [6.45, 7) is 9.74. The number of piperidine rings is 1. The molecule has 0 radical (unpaired) electrons. The van der Waals surface area contributed by atoms with Gasteiger partial charge in [0.05, 0.1) is 0 Å². The van der Waals surface area contributed by atoms with Crippen LogP contribution in [0.15, 0.2) is 12.7 Å². The molecule has 1 N–H and O–H groups in total. The lowest BCUT2D eigenvalue weighted by Crippen LogP contribution is -2.56. The van der Waals surface area contributed by atoms with Crippen molar-refractivity contribution in [3.8, 4) is 0 Å². The maximum atomic E-state index is 12.0. The van der Waals surface area contributed by atoms with Crippen molar-refractivity contribution in [1.82, 2.24) is 15.1 Å². The number of hydrogen-bond acceptors (Lipinski definition) is 2. The number of likely N-dealkylation sites (tertiary alicyclic amines) is 2. The van der Waals surface area contributed by atoms with Gasteiger partial charge in [-0.15, -0.1) is 6.58 Å². The van der Waals surface area contributed by atoms with Crippen molar-refractivity contribution < 1.29 is 9.59 Å². The molecular weight excluding hydrogens is 254 g/mol. The number of nitrogens with one attached hydrogen (secondary N) is 1. The number of rotatable bonds is 3. The second-order valence-electron chi connectivity index (χ2n) is 6.11. The van der Waals surface area contributed by atoms with Crippen LogP contribution < -0.4 is 5.32 Å². The van der Waals surface area contributed by atoms with Crippen molar-refractivity contribution in [2.24, 2.45) is 0 Å². The van der Waals surface area contributed by atoms with E-state index in [-0.39, 0.29) is 23.5 Å². The number of amides is 3. The lowest BCUT2D eigenvalue weighted by molar-refractivity contribution is -0.131. The Balaban J connectivity index is 1.97. The normalized spacial score (nSPS) is 21.6. The molecule has 0 atom stereocenters. The van der Waals surface area contributed by atoms with E-state index in [1.54, 1.807) is 6.08 Å². The minimum absolute atomic E-state index is 0.00874. The standard InChI is InChI=1S/C15H25N3O2/c1-4-9-18-13(19)5-6-15(18)7-10-17(11-8-15)14(20)16-12(2)3/h4,12H,1,5-11H2,2-3H3,(H,16,20). The van der Waals surface area contributed by atoms with Crippen LogP contribution in [-0.4, -0.2) is 53.0 Å². The lowest BCUT2D eigenvalue weighted by Gasteiger charge is -2.44. The van der Waals surface area contributed by atoms with Crippen LogP contribution in [0.2, 0.25) is 0 Å². The van der Waals surface area contributed by atoms with E-state index < -0.39 is 0 Å². The molecule has 2 aliphatic heterocycles. The Morgan fingerprint density at radius 1 is 1.40 bits per heavy atom. The van der Waals surface area contributed by atoms with Crippen LogP contribution in [0.3, 0.4) is 0 Å². The Hall–Kier alpha value is -1.52. The van der Waals surface area contributed by atoms with E-state index in [1.807, 2.05) is 23.6 Å². The molecule has 0 unspecified atom stereocenters. The SMILES string of the molecule is C=CCN1C(=O)CCC12CCN(C(=O)NC(C)C)CC2. The molecule has 2 rings (SSSR count). The van der Waals surface area contributed by atoms with Gasteiger partial charge in [0.15, 0.2) is 0 Å². The van der Waals surface area contributed by atoms with Gasteiger partial charge in [0, 0.05) is 37.6 Å². The number of hydrogen-bond donors (Lipinski definition) is 1. The van der Waals surface area contributed by atoms with Gasteiger partial charge >= 0.3 is 6.03 Å². The fraction of sp³-hybridized carbons (Fsp3) is 0.733.